The number of rotatable bonds is 6. The van der Waals surface area contributed by atoms with Gasteiger partial charge < -0.3 is 25.8 Å². The lowest BCUT2D eigenvalue weighted by Gasteiger charge is -2.20. The van der Waals surface area contributed by atoms with Crippen molar-refractivity contribution in [3.8, 4) is 0 Å². The molecule has 154 valence electrons. The van der Waals surface area contributed by atoms with E-state index in [1.165, 1.54) is 38.4 Å². The van der Waals surface area contributed by atoms with Gasteiger partial charge >= 0.3 is 0 Å². The van der Waals surface area contributed by atoms with Crippen LogP contribution < -0.4 is 5.73 Å². The van der Waals surface area contributed by atoms with E-state index in [2.05, 4.69) is 15.0 Å². The Labute approximate surface area is 167 Å². The first kappa shape index (κ1) is 19.8. The molecular formula is C18H27N5O4S. The third-order valence-corrected chi connectivity index (χ3v) is 6.58. The number of aliphatic hydroxyl groups excluding tert-OH is 3. The van der Waals surface area contributed by atoms with Crippen molar-refractivity contribution in [2.75, 3.05) is 18.1 Å². The first-order chi connectivity index (χ1) is 13.6. The standard InChI is InChI=1S/C18H27N5O4S/c19-15-12-16(22-18(21-15)28-7-6-10-4-2-1-3-5-10)23(9-20-12)17-14(26)13(25)11(8-24)27-17/h9-11,13-14,17,24-26H,1-8H2,(H2,19,21,22)/t11-,13-,14-,17-/m1/s1. The first-order valence-corrected chi connectivity index (χ1v) is 10.8. The Hall–Kier alpha value is -1.46. The molecule has 2 fully saturated rings. The Morgan fingerprint density at radius 2 is 1.96 bits per heavy atom. The summed E-state index contributed by atoms with van der Waals surface area (Å²) in [4.78, 5) is 13.2. The molecular weight excluding hydrogens is 382 g/mol. The largest absolute Gasteiger partial charge is 0.394 e. The number of nitrogen functional groups attached to an aromatic ring is 1. The van der Waals surface area contributed by atoms with Crippen molar-refractivity contribution in [3.63, 3.8) is 0 Å². The predicted octanol–water partition coefficient (Wildman–Crippen LogP) is 1.08. The molecule has 3 heterocycles. The summed E-state index contributed by atoms with van der Waals surface area (Å²) in [5.74, 6) is 1.99. The zero-order valence-corrected chi connectivity index (χ0v) is 16.5. The van der Waals surface area contributed by atoms with Crippen molar-refractivity contribution < 1.29 is 20.1 Å². The highest BCUT2D eigenvalue weighted by molar-refractivity contribution is 7.99. The van der Waals surface area contributed by atoms with Gasteiger partial charge in [0.25, 0.3) is 0 Å². The number of thioether (sulfide) groups is 1. The molecule has 0 aromatic carbocycles. The molecule has 0 unspecified atom stereocenters. The summed E-state index contributed by atoms with van der Waals surface area (Å²) in [6.07, 6.45) is 5.08. The van der Waals surface area contributed by atoms with Crippen LogP contribution in [0.1, 0.15) is 44.8 Å². The highest BCUT2D eigenvalue weighted by atomic mass is 32.2. The SMILES string of the molecule is Nc1nc(SCCC2CCCCC2)nc2c1ncn2[C@@H]1O[C@H](CO)[C@@H](O)[C@H]1O. The molecule has 2 aliphatic rings. The summed E-state index contributed by atoms with van der Waals surface area (Å²) in [6, 6.07) is 0. The normalized spacial score (nSPS) is 29.0. The summed E-state index contributed by atoms with van der Waals surface area (Å²) in [5, 5.41) is 30.2. The minimum Gasteiger partial charge on any atom is -0.394 e. The highest BCUT2D eigenvalue weighted by Gasteiger charge is 2.44. The molecule has 9 nitrogen and oxygen atoms in total. The number of ether oxygens (including phenoxy) is 1. The highest BCUT2D eigenvalue weighted by Crippen LogP contribution is 2.33. The maximum atomic E-state index is 10.3. The van der Waals surface area contributed by atoms with E-state index in [-0.39, 0.29) is 12.4 Å². The van der Waals surface area contributed by atoms with E-state index in [1.807, 2.05) is 0 Å². The average molecular weight is 410 g/mol. The minimum absolute atomic E-state index is 0.274. The molecule has 0 radical (unpaired) electrons. The number of hydrogen-bond acceptors (Lipinski definition) is 9. The summed E-state index contributed by atoms with van der Waals surface area (Å²) >= 11 is 1.57. The van der Waals surface area contributed by atoms with Gasteiger partial charge in [-0.2, -0.15) is 0 Å². The zero-order chi connectivity index (χ0) is 19.7. The lowest BCUT2D eigenvalue weighted by molar-refractivity contribution is -0.0511. The number of nitrogens with zero attached hydrogens (tertiary/aromatic N) is 4. The molecule has 5 N–H and O–H groups in total. The molecule has 10 heteroatoms. The Balaban J connectivity index is 1.51. The van der Waals surface area contributed by atoms with Gasteiger partial charge in [0.05, 0.1) is 12.9 Å². The smallest absolute Gasteiger partial charge is 0.191 e. The maximum absolute atomic E-state index is 10.3. The van der Waals surface area contributed by atoms with E-state index in [0.29, 0.717) is 16.3 Å². The molecule has 2 aromatic rings. The van der Waals surface area contributed by atoms with E-state index in [4.69, 9.17) is 10.5 Å². The average Bonchev–Trinajstić information content (AvgIpc) is 3.24. The van der Waals surface area contributed by atoms with Gasteiger partial charge in [0.15, 0.2) is 22.8 Å². The number of nitrogens with two attached hydrogens (primary N) is 1. The molecule has 4 atom stereocenters. The van der Waals surface area contributed by atoms with E-state index in [1.54, 1.807) is 16.3 Å². The number of hydrogen-bond donors (Lipinski definition) is 4. The van der Waals surface area contributed by atoms with Crippen LogP contribution in [0, 0.1) is 5.92 Å². The van der Waals surface area contributed by atoms with Crippen LogP contribution in [0.2, 0.25) is 0 Å². The molecule has 0 amide bonds. The molecule has 0 spiro atoms. The van der Waals surface area contributed by atoms with Crippen molar-refractivity contribution in [3.05, 3.63) is 6.33 Å². The Morgan fingerprint density at radius 1 is 1.18 bits per heavy atom. The zero-order valence-electron chi connectivity index (χ0n) is 15.6. The van der Waals surface area contributed by atoms with Crippen LogP contribution in [0.5, 0.6) is 0 Å². The van der Waals surface area contributed by atoms with Crippen molar-refractivity contribution in [2.45, 2.75) is 68.2 Å². The van der Waals surface area contributed by atoms with Gasteiger partial charge in [-0.3, -0.25) is 4.57 Å². The van der Waals surface area contributed by atoms with Crippen LogP contribution in [0.15, 0.2) is 11.5 Å². The van der Waals surface area contributed by atoms with Gasteiger partial charge in [0, 0.05) is 5.75 Å². The van der Waals surface area contributed by atoms with Crippen LogP contribution in [0.4, 0.5) is 5.82 Å². The van der Waals surface area contributed by atoms with Crippen molar-refractivity contribution in [1.29, 1.82) is 0 Å². The summed E-state index contributed by atoms with van der Waals surface area (Å²) in [5.41, 5.74) is 6.94. The van der Waals surface area contributed by atoms with Crippen molar-refractivity contribution >= 4 is 28.7 Å². The summed E-state index contributed by atoms with van der Waals surface area (Å²) in [7, 11) is 0. The first-order valence-electron chi connectivity index (χ1n) is 9.83. The Kier molecular flexibility index (Phi) is 6.02. The molecule has 2 aromatic heterocycles. The van der Waals surface area contributed by atoms with Gasteiger partial charge in [-0.15, -0.1) is 0 Å². The van der Waals surface area contributed by atoms with Crippen LogP contribution in [-0.2, 0) is 4.74 Å². The van der Waals surface area contributed by atoms with Crippen molar-refractivity contribution in [1.82, 2.24) is 19.5 Å². The fourth-order valence-corrected chi connectivity index (χ4v) is 5.02. The number of anilines is 1. The lowest BCUT2D eigenvalue weighted by Crippen LogP contribution is -2.33. The predicted molar refractivity (Wildman–Crippen MR) is 105 cm³/mol. The minimum atomic E-state index is -1.20. The fraction of sp³-hybridized carbons (Fsp3) is 0.722. The van der Waals surface area contributed by atoms with Crippen LogP contribution in [0.3, 0.4) is 0 Å². The van der Waals surface area contributed by atoms with Gasteiger partial charge in [-0.25, -0.2) is 15.0 Å². The number of imidazole rings is 1. The number of aromatic nitrogens is 4. The molecule has 1 saturated heterocycles. The van der Waals surface area contributed by atoms with Gasteiger partial charge in [-0.1, -0.05) is 43.9 Å². The maximum Gasteiger partial charge on any atom is 0.191 e. The molecule has 28 heavy (non-hydrogen) atoms. The third-order valence-electron chi connectivity index (χ3n) is 5.70. The molecule has 4 rings (SSSR count). The third kappa shape index (κ3) is 3.84. The number of aliphatic hydroxyl groups is 3. The monoisotopic (exact) mass is 409 g/mol. The fourth-order valence-electron chi connectivity index (χ4n) is 4.07. The Morgan fingerprint density at radius 3 is 2.68 bits per heavy atom. The van der Waals surface area contributed by atoms with E-state index < -0.39 is 24.5 Å². The summed E-state index contributed by atoms with van der Waals surface area (Å²) < 4.78 is 7.14. The van der Waals surface area contributed by atoms with Crippen LogP contribution in [-0.4, -0.2) is 65.5 Å². The van der Waals surface area contributed by atoms with Gasteiger partial charge in [0.1, 0.15) is 23.8 Å². The van der Waals surface area contributed by atoms with E-state index >= 15 is 0 Å². The van der Waals surface area contributed by atoms with Gasteiger partial charge in [0.2, 0.25) is 0 Å². The number of fused-ring (bicyclic) bond motifs is 1. The van der Waals surface area contributed by atoms with Gasteiger partial charge in [-0.05, 0) is 12.3 Å². The second-order valence-electron chi connectivity index (χ2n) is 7.59. The van der Waals surface area contributed by atoms with E-state index in [0.717, 1.165) is 18.1 Å². The quantitative estimate of drug-likeness (QED) is 0.407. The van der Waals surface area contributed by atoms with Crippen LogP contribution in [0.25, 0.3) is 11.2 Å². The molecule has 1 aliphatic carbocycles. The molecule has 1 saturated carbocycles. The Bertz CT molecular complexity index is 813. The second kappa shape index (κ2) is 8.50. The topological polar surface area (TPSA) is 140 Å². The van der Waals surface area contributed by atoms with Crippen molar-refractivity contribution in [2.24, 2.45) is 5.92 Å². The van der Waals surface area contributed by atoms with E-state index in [9.17, 15) is 15.3 Å². The molecule has 0 bridgehead atoms. The summed E-state index contributed by atoms with van der Waals surface area (Å²) in [6.45, 7) is -0.388. The molecule has 1 aliphatic heterocycles. The second-order valence-corrected chi connectivity index (χ2v) is 8.65. The lowest BCUT2D eigenvalue weighted by atomic mass is 9.88. The van der Waals surface area contributed by atoms with Crippen LogP contribution >= 0.6 is 11.8 Å².